The normalized spacial score (nSPS) is 31.2. The Morgan fingerprint density at radius 3 is 2.28 bits per heavy atom. The van der Waals surface area contributed by atoms with Crippen molar-refractivity contribution in [2.45, 2.75) is 63.7 Å². The minimum Gasteiger partial charge on any atom is -0.354 e. The van der Waals surface area contributed by atoms with Crippen molar-refractivity contribution in [3.63, 3.8) is 0 Å². The predicted molar refractivity (Wildman–Crippen MR) is 142 cm³/mol. The van der Waals surface area contributed by atoms with Crippen LogP contribution in [0.2, 0.25) is 0 Å². The molecule has 1 N–H and O–H groups in total. The van der Waals surface area contributed by atoms with Crippen molar-refractivity contribution in [1.29, 1.82) is 5.26 Å². The molecule has 1 aromatic heterocycles. The van der Waals surface area contributed by atoms with E-state index in [-0.39, 0.29) is 17.4 Å². The Morgan fingerprint density at radius 2 is 1.77 bits per heavy atom. The van der Waals surface area contributed by atoms with Gasteiger partial charge in [-0.15, -0.1) is 0 Å². The first kappa shape index (κ1) is 27.7. The Morgan fingerprint density at radius 1 is 1.13 bits per heavy atom. The van der Waals surface area contributed by atoms with Crippen molar-refractivity contribution in [3.8, 4) is 6.19 Å². The fraction of sp³-hybridized carbons (Fsp3) is 0.714. The summed E-state index contributed by atoms with van der Waals surface area (Å²) in [5, 5.41) is 12.5. The van der Waals surface area contributed by atoms with Gasteiger partial charge in [0.25, 0.3) is 0 Å². The van der Waals surface area contributed by atoms with Gasteiger partial charge < -0.3 is 9.80 Å². The molecule has 8 nitrogen and oxygen atoms in total. The lowest BCUT2D eigenvalue weighted by atomic mass is 9.47. The zero-order chi connectivity index (χ0) is 28.2. The number of aromatic nitrogens is 1. The highest BCUT2D eigenvalue weighted by Crippen LogP contribution is 2.61. The summed E-state index contributed by atoms with van der Waals surface area (Å²) in [6.45, 7) is 6.65. The van der Waals surface area contributed by atoms with Gasteiger partial charge in [0.15, 0.2) is 6.19 Å². The number of amidine groups is 1. The second kappa shape index (κ2) is 9.95. The third-order valence-electron chi connectivity index (χ3n) is 9.58. The van der Waals surface area contributed by atoms with Crippen LogP contribution in [0, 0.1) is 34.6 Å². The Kier molecular flexibility index (Phi) is 7.06. The molecule has 1 aliphatic heterocycles. The summed E-state index contributed by atoms with van der Waals surface area (Å²) in [5.74, 6) is 2.68. The molecule has 5 aliphatic rings. The molecular weight excluding hydrogens is 507 g/mol. The Balaban J connectivity index is 1.30. The fourth-order valence-electron chi connectivity index (χ4n) is 7.87. The SMILES string of the molecule is CN(C)C(=O)C12CC3CC(C1)C(N=C(NC#N)C(C)(C)N1CCN(c4ccc(C(F)(F)F)cn4)CC1)C(C3)C2. The van der Waals surface area contributed by atoms with E-state index >= 15 is 0 Å². The van der Waals surface area contributed by atoms with Gasteiger partial charge in [-0.05, 0) is 75.8 Å². The summed E-state index contributed by atoms with van der Waals surface area (Å²) < 4.78 is 38.7. The number of carbonyl (C=O) groups is 1. The molecule has 2 heterocycles. The minimum atomic E-state index is -4.41. The second-order valence-electron chi connectivity index (χ2n) is 12.6. The molecule has 2 atom stereocenters. The summed E-state index contributed by atoms with van der Waals surface area (Å²) >= 11 is 0. The molecule has 4 saturated carbocycles. The molecule has 6 rings (SSSR count). The monoisotopic (exact) mass is 545 g/mol. The van der Waals surface area contributed by atoms with Crippen molar-refractivity contribution in [2.75, 3.05) is 45.2 Å². The molecule has 0 spiro atoms. The maximum Gasteiger partial charge on any atom is 0.417 e. The van der Waals surface area contributed by atoms with E-state index in [4.69, 9.17) is 4.99 Å². The number of aliphatic imine (C=N–C) groups is 1. The third kappa shape index (κ3) is 5.08. The largest absolute Gasteiger partial charge is 0.417 e. The van der Waals surface area contributed by atoms with Crippen LogP contribution in [-0.2, 0) is 11.0 Å². The number of amides is 1. The molecule has 212 valence electrons. The van der Waals surface area contributed by atoms with Crippen LogP contribution in [-0.4, -0.2) is 78.4 Å². The number of carbonyl (C=O) groups excluding carboxylic acids is 1. The van der Waals surface area contributed by atoms with Crippen molar-refractivity contribution < 1.29 is 18.0 Å². The highest BCUT2D eigenvalue weighted by atomic mass is 19.4. The van der Waals surface area contributed by atoms with Crippen LogP contribution in [0.3, 0.4) is 0 Å². The smallest absolute Gasteiger partial charge is 0.354 e. The van der Waals surface area contributed by atoms with Crippen LogP contribution in [0.4, 0.5) is 19.0 Å². The van der Waals surface area contributed by atoms with Gasteiger partial charge in [0.2, 0.25) is 5.91 Å². The van der Waals surface area contributed by atoms with Gasteiger partial charge in [-0.3, -0.25) is 20.0 Å². The summed E-state index contributed by atoms with van der Waals surface area (Å²) in [6, 6.07) is 2.59. The van der Waals surface area contributed by atoms with E-state index < -0.39 is 17.3 Å². The average Bonchev–Trinajstić information content (AvgIpc) is 2.89. The molecule has 5 fully saturated rings. The molecular formula is C28H38F3N7O. The lowest BCUT2D eigenvalue weighted by Crippen LogP contribution is -2.62. The molecule has 2 unspecified atom stereocenters. The topological polar surface area (TPSA) is 87.9 Å². The Labute approximate surface area is 228 Å². The van der Waals surface area contributed by atoms with Gasteiger partial charge in [0.1, 0.15) is 11.7 Å². The van der Waals surface area contributed by atoms with Gasteiger partial charge >= 0.3 is 6.18 Å². The standard InChI is InChI=1S/C28H38F3N7O/c1-26(2,38-9-7-37(8-10-38)22-6-5-21(16-33-22)28(29,30)31)24(34-17-32)35-23-19-11-18-12-20(23)15-27(13-18,14-19)25(39)36(3)4/h5-6,16,18-20,23H,7-15H2,1-4H3,(H,34,35). The van der Waals surface area contributed by atoms with Crippen molar-refractivity contribution >= 4 is 17.6 Å². The number of halogens is 3. The van der Waals surface area contributed by atoms with Crippen LogP contribution < -0.4 is 10.2 Å². The molecule has 1 saturated heterocycles. The van der Waals surface area contributed by atoms with Crippen LogP contribution >= 0.6 is 0 Å². The average molecular weight is 546 g/mol. The zero-order valence-corrected chi connectivity index (χ0v) is 23.1. The predicted octanol–water partition coefficient (Wildman–Crippen LogP) is 3.75. The lowest BCUT2D eigenvalue weighted by molar-refractivity contribution is -0.156. The maximum absolute atomic E-state index is 13.2. The number of hydrogen-bond acceptors (Lipinski definition) is 6. The second-order valence-corrected chi connectivity index (χ2v) is 12.6. The number of rotatable bonds is 5. The Hall–Kier alpha value is -2.87. The van der Waals surface area contributed by atoms with E-state index in [0.29, 0.717) is 55.6 Å². The number of nitrogens with one attached hydrogen (secondary N) is 1. The Bertz CT molecular complexity index is 1130. The first-order valence-electron chi connectivity index (χ1n) is 13.8. The van der Waals surface area contributed by atoms with E-state index in [9.17, 15) is 23.2 Å². The van der Waals surface area contributed by atoms with Crippen molar-refractivity contribution in [3.05, 3.63) is 23.9 Å². The fourth-order valence-corrected chi connectivity index (χ4v) is 7.87. The van der Waals surface area contributed by atoms with Crippen LogP contribution in [0.25, 0.3) is 0 Å². The highest BCUT2D eigenvalue weighted by Gasteiger charge is 2.59. The van der Waals surface area contributed by atoms with Gasteiger partial charge in [-0.25, -0.2) is 4.98 Å². The summed E-state index contributed by atoms with van der Waals surface area (Å²) in [7, 11) is 3.70. The number of pyridine rings is 1. The number of nitrogens with zero attached hydrogens (tertiary/aromatic N) is 6. The molecule has 39 heavy (non-hydrogen) atoms. The first-order chi connectivity index (χ1) is 18.3. The number of anilines is 1. The summed E-state index contributed by atoms with van der Waals surface area (Å²) in [5.41, 5.74) is -1.55. The van der Waals surface area contributed by atoms with Crippen LogP contribution in [0.5, 0.6) is 0 Å². The molecule has 1 amide bonds. The van der Waals surface area contributed by atoms with E-state index in [2.05, 4.69) is 35.2 Å². The van der Waals surface area contributed by atoms with Crippen molar-refractivity contribution in [1.82, 2.24) is 20.1 Å². The van der Waals surface area contributed by atoms with E-state index in [1.807, 2.05) is 19.0 Å². The van der Waals surface area contributed by atoms with E-state index in [1.165, 1.54) is 6.07 Å². The number of nitriles is 1. The third-order valence-corrected chi connectivity index (χ3v) is 9.58. The van der Waals surface area contributed by atoms with Crippen LogP contribution in [0.15, 0.2) is 23.3 Å². The van der Waals surface area contributed by atoms with Gasteiger partial charge in [-0.2, -0.15) is 18.4 Å². The number of alkyl halides is 3. The van der Waals surface area contributed by atoms with Crippen LogP contribution in [0.1, 0.15) is 51.5 Å². The first-order valence-corrected chi connectivity index (χ1v) is 13.8. The highest BCUT2D eigenvalue weighted by molar-refractivity contribution is 5.92. The van der Waals surface area contributed by atoms with Gasteiger partial charge in [0, 0.05) is 46.5 Å². The summed E-state index contributed by atoms with van der Waals surface area (Å²) in [4.78, 5) is 28.4. The molecule has 0 aromatic carbocycles. The summed E-state index contributed by atoms with van der Waals surface area (Å²) in [6.07, 6.45) is 3.47. The number of piperazine rings is 1. The molecule has 4 aliphatic carbocycles. The lowest BCUT2D eigenvalue weighted by Gasteiger charge is -2.58. The maximum atomic E-state index is 13.2. The quantitative estimate of drug-likeness (QED) is 0.263. The molecule has 4 bridgehead atoms. The number of hydrogen-bond donors (Lipinski definition) is 1. The zero-order valence-electron chi connectivity index (χ0n) is 23.1. The van der Waals surface area contributed by atoms with E-state index in [0.717, 1.165) is 44.4 Å². The van der Waals surface area contributed by atoms with E-state index in [1.54, 1.807) is 4.90 Å². The van der Waals surface area contributed by atoms with Gasteiger partial charge in [0.05, 0.1) is 22.6 Å². The van der Waals surface area contributed by atoms with Gasteiger partial charge in [-0.1, -0.05) is 0 Å². The van der Waals surface area contributed by atoms with Crippen molar-refractivity contribution in [2.24, 2.45) is 28.2 Å². The molecule has 11 heteroatoms. The minimum absolute atomic E-state index is 0.0948. The molecule has 0 radical (unpaired) electrons. The molecule has 1 aromatic rings.